The number of nitrogens with zero attached hydrogens (tertiary/aromatic N) is 1. The second-order valence-corrected chi connectivity index (χ2v) is 5.08. The summed E-state index contributed by atoms with van der Waals surface area (Å²) in [5.41, 5.74) is 1.28. The Balaban J connectivity index is 2.45. The molecule has 0 spiro atoms. The van der Waals surface area contributed by atoms with Crippen LogP contribution in [0.5, 0.6) is 0 Å². The molecule has 0 unspecified atom stereocenters. The molecule has 2 rings (SSSR count). The first kappa shape index (κ1) is 11.6. The highest BCUT2D eigenvalue weighted by molar-refractivity contribution is 6.06. The molecule has 0 atom stereocenters. The number of carbonyl (C=O) groups is 1. The van der Waals surface area contributed by atoms with Crippen LogP contribution in [-0.4, -0.2) is 16.4 Å². The lowest BCUT2D eigenvalue weighted by atomic mass is 10.0. The van der Waals surface area contributed by atoms with Crippen molar-refractivity contribution in [1.29, 1.82) is 0 Å². The van der Waals surface area contributed by atoms with E-state index in [0.29, 0.717) is 5.56 Å². The van der Waals surface area contributed by atoms with Gasteiger partial charge < -0.3 is 5.32 Å². The number of benzene rings is 1. The molecule has 88 valence electrons. The van der Waals surface area contributed by atoms with Gasteiger partial charge in [-0.05, 0) is 39.0 Å². The maximum absolute atomic E-state index is 12.1. The molecule has 1 aromatic carbocycles. The first-order valence-electron chi connectivity index (χ1n) is 5.64. The quantitative estimate of drug-likeness (QED) is 0.815. The minimum atomic E-state index is -0.235. The molecule has 1 amide bonds. The molecule has 0 aliphatic rings. The van der Waals surface area contributed by atoms with E-state index < -0.39 is 0 Å². The zero-order valence-electron chi connectivity index (χ0n) is 10.3. The Morgan fingerprint density at radius 2 is 1.94 bits per heavy atom. The molecule has 0 radical (unpaired) electrons. The van der Waals surface area contributed by atoms with Crippen molar-refractivity contribution in [2.45, 2.75) is 26.3 Å². The summed E-state index contributed by atoms with van der Waals surface area (Å²) in [6, 6.07) is 9.34. The molecule has 1 aromatic heterocycles. The lowest BCUT2D eigenvalue weighted by Gasteiger charge is -2.20. The van der Waals surface area contributed by atoms with E-state index in [-0.39, 0.29) is 11.4 Å². The third-order valence-electron chi connectivity index (χ3n) is 2.38. The molecule has 3 heteroatoms. The van der Waals surface area contributed by atoms with Gasteiger partial charge in [-0.1, -0.05) is 12.1 Å². The Kier molecular flexibility index (Phi) is 2.84. The summed E-state index contributed by atoms with van der Waals surface area (Å²) in [5, 5.41) is 3.85. The van der Waals surface area contributed by atoms with Gasteiger partial charge in [-0.15, -0.1) is 0 Å². The van der Waals surface area contributed by atoms with Gasteiger partial charge in [-0.3, -0.25) is 9.78 Å². The number of carbonyl (C=O) groups excluding carboxylic acids is 1. The van der Waals surface area contributed by atoms with Crippen LogP contribution in [0.1, 0.15) is 31.1 Å². The first-order chi connectivity index (χ1) is 7.97. The van der Waals surface area contributed by atoms with Crippen molar-refractivity contribution >= 4 is 16.8 Å². The molecule has 0 aliphatic carbocycles. The Bertz CT molecular complexity index is 550. The number of nitrogens with one attached hydrogen (secondary N) is 1. The molecule has 1 N–H and O–H groups in total. The molecule has 0 saturated heterocycles. The van der Waals surface area contributed by atoms with Gasteiger partial charge in [0.1, 0.15) is 0 Å². The van der Waals surface area contributed by atoms with Crippen LogP contribution in [0.2, 0.25) is 0 Å². The Morgan fingerprint density at radius 3 is 2.65 bits per heavy atom. The van der Waals surface area contributed by atoms with Crippen LogP contribution in [0.25, 0.3) is 10.9 Å². The van der Waals surface area contributed by atoms with Crippen LogP contribution in [-0.2, 0) is 0 Å². The highest BCUT2D eigenvalue weighted by atomic mass is 16.1. The van der Waals surface area contributed by atoms with Crippen LogP contribution < -0.4 is 5.32 Å². The fraction of sp³-hybridized carbons (Fsp3) is 0.286. The molecule has 2 aromatic rings. The largest absolute Gasteiger partial charge is 0.347 e. The van der Waals surface area contributed by atoms with Crippen LogP contribution >= 0.6 is 0 Å². The molecule has 0 fully saturated rings. The van der Waals surface area contributed by atoms with Gasteiger partial charge >= 0.3 is 0 Å². The summed E-state index contributed by atoms with van der Waals surface area (Å²) < 4.78 is 0. The molecule has 0 aliphatic heterocycles. The molecule has 17 heavy (non-hydrogen) atoms. The average Bonchev–Trinajstić information content (AvgIpc) is 2.26. The van der Waals surface area contributed by atoms with Crippen LogP contribution in [0.4, 0.5) is 0 Å². The monoisotopic (exact) mass is 228 g/mol. The second kappa shape index (κ2) is 4.17. The van der Waals surface area contributed by atoms with Crippen molar-refractivity contribution in [1.82, 2.24) is 10.3 Å². The molecule has 0 bridgehead atoms. The molecule has 3 nitrogen and oxygen atoms in total. The zero-order valence-corrected chi connectivity index (χ0v) is 10.3. The summed E-state index contributed by atoms with van der Waals surface area (Å²) in [6.07, 6.45) is 1.73. The number of amides is 1. The lowest BCUT2D eigenvalue weighted by molar-refractivity contribution is 0.0921. The van der Waals surface area contributed by atoms with E-state index in [9.17, 15) is 4.79 Å². The van der Waals surface area contributed by atoms with Crippen molar-refractivity contribution in [2.75, 3.05) is 0 Å². The lowest BCUT2D eigenvalue weighted by Crippen LogP contribution is -2.40. The van der Waals surface area contributed by atoms with Crippen molar-refractivity contribution in [2.24, 2.45) is 0 Å². The minimum absolute atomic E-state index is 0.0592. The summed E-state index contributed by atoms with van der Waals surface area (Å²) in [7, 11) is 0. The van der Waals surface area contributed by atoms with E-state index in [0.717, 1.165) is 10.9 Å². The van der Waals surface area contributed by atoms with Gasteiger partial charge in [0.25, 0.3) is 5.91 Å². The molecule has 0 saturated carbocycles. The normalized spacial score (nSPS) is 11.5. The number of hydrogen-bond acceptors (Lipinski definition) is 2. The van der Waals surface area contributed by atoms with E-state index in [2.05, 4.69) is 10.3 Å². The third-order valence-corrected chi connectivity index (χ3v) is 2.38. The molecular formula is C14H16N2O. The van der Waals surface area contributed by atoms with E-state index in [1.165, 1.54) is 0 Å². The summed E-state index contributed by atoms with van der Waals surface area (Å²) >= 11 is 0. The van der Waals surface area contributed by atoms with E-state index in [4.69, 9.17) is 0 Å². The number of hydrogen-bond donors (Lipinski definition) is 1. The van der Waals surface area contributed by atoms with Crippen molar-refractivity contribution in [3.63, 3.8) is 0 Å². The smallest absolute Gasteiger partial charge is 0.252 e. The maximum Gasteiger partial charge on any atom is 0.252 e. The van der Waals surface area contributed by atoms with Crippen molar-refractivity contribution < 1.29 is 4.79 Å². The van der Waals surface area contributed by atoms with Crippen LogP contribution in [0, 0.1) is 0 Å². The highest BCUT2D eigenvalue weighted by Gasteiger charge is 2.16. The van der Waals surface area contributed by atoms with Crippen LogP contribution in [0.15, 0.2) is 36.5 Å². The van der Waals surface area contributed by atoms with Gasteiger partial charge in [-0.2, -0.15) is 0 Å². The third kappa shape index (κ3) is 2.61. The van der Waals surface area contributed by atoms with Crippen molar-refractivity contribution in [3.8, 4) is 0 Å². The highest BCUT2D eigenvalue weighted by Crippen LogP contribution is 2.17. The second-order valence-electron chi connectivity index (χ2n) is 5.08. The first-order valence-corrected chi connectivity index (χ1v) is 5.64. The van der Waals surface area contributed by atoms with Gasteiger partial charge in [0.05, 0.1) is 5.52 Å². The number of aromatic nitrogens is 1. The SMILES string of the molecule is CC(C)(C)NC(=O)c1cccc2ncccc12. The van der Waals surface area contributed by atoms with E-state index >= 15 is 0 Å². The predicted octanol–water partition coefficient (Wildman–Crippen LogP) is 2.76. The van der Waals surface area contributed by atoms with Crippen molar-refractivity contribution in [3.05, 3.63) is 42.1 Å². The fourth-order valence-corrected chi connectivity index (χ4v) is 1.71. The number of fused-ring (bicyclic) bond motifs is 1. The fourth-order valence-electron chi connectivity index (χ4n) is 1.71. The Morgan fingerprint density at radius 1 is 1.18 bits per heavy atom. The van der Waals surface area contributed by atoms with Gasteiger partial charge in [0.2, 0.25) is 0 Å². The number of pyridine rings is 1. The van der Waals surface area contributed by atoms with E-state index in [1.54, 1.807) is 6.20 Å². The molecule has 1 heterocycles. The Hall–Kier alpha value is -1.90. The molecular weight excluding hydrogens is 212 g/mol. The topological polar surface area (TPSA) is 42.0 Å². The van der Waals surface area contributed by atoms with Crippen LogP contribution in [0.3, 0.4) is 0 Å². The maximum atomic E-state index is 12.1. The van der Waals surface area contributed by atoms with Gasteiger partial charge in [0.15, 0.2) is 0 Å². The standard InChI is InChI=1S/C14H16N2O/c1-14(2,3)16-13(17)11-6-4-8-12-10(11)7-5-9-15-12/h4-9H,1-3H3,(H,16,17). The predicted molar refractivity (Wildman–Crippen MR) is 69.0 cm³/mol. The van der Waals surface area contributed by atoms with E-state index in [1.807, 2.05) is 51.1 Å². The average molecular weight is 228 g/mol. The number of rotatable bonds is 1. The minimum Gasteiger partial charge on any atom is -0.347 e. The summed E-state index contributed by atoms with van der Waals surface area (Å²) in [4.78, 5) is 16.4. The summed E-state index contributed by atoms with van der Waals surface area (Å²) in [5.74, 6) is -0.0592. The summed E-state index contributed by atoms with van der Waals surface area (Å²) in [6.45, 7) is 5.90. The Labute approximate surface area is 101 Å². The van der Waals surface area contributed by atoms with Gasteiger partial charge in [-0.25, -0.2) is 0 Å². The van der Waals surface area contributed by atoms with Gasteiger partial charge in [0, 0.05) is 22.7 Å². The zero-order chi connectivity index (χ0) is 12.5.